The van der Waals surface area contributed by atoms with Gasteiger partial charge in [-0.05, 0) is 12.1 Å². The third-order valence-corrected chi connectivity index (χ3v) is 3.73. The molecule has 0 saturated heterocycles. The summed E-state index contributed by atoms with van der Waals surface area (Å²) < 4.78 is 73.9. The van der Waals surface area contributed by atoms with Crippen molar-refractivity contribution in [1.29, 1.82) is 0 Å². The summed E-state index contributed by atoms with van der Waals surface area (Å²) in [6, 6.07) is 2.42. The second-order valence-corrected chi connectivity index (χ2v) is 5.61. The van der Waals surface area contributed by atoms with E-state index in [2.05, 4.69) is 0 Å². The molecule has 0 aliphatic heterocycles. The summed E-state index contributed by atoms with van der Waals surface area (Å²) in [5, 5.41) is 10.7. The van der Waals surface area contributed by atoms with Gasteiger partial charge in [0.05, 0.1) is 11.5 Å². The molecule has 0 fully saturated rings. The van der Waals surface area contributed by atoms with Crippen LogP contribution in [-0.2, 0) is 10.0 Å². The summed E-state index contributed by atoms with van der Waals surface area (Å²) in [7, 11) is -4.78. The second kappa shape index (κ2) is 5.81. The van der Waals surface area contributed by atoms with Gasteiger partial charge in [0.15, 0.2) is 4.90 Å². The van der Waals surface area contributed by atoms with Gasteiger partial charge in [-0.2, -0.15) is 8.78 Å². The predicted molar refractivity (Wildman–Crippen MR) is 63.6 cm³/mol. The monoisotopic (exact) mass is 331 g/mol. The van der Waals surface area contributed by atoms with E-state index in [9.17, 15) is 36.1 Å². The molecule has 1 aromatic carbocycles. The number of nitro groups is 1. The molecule has 1 aromatic rings. The Morgan fingerprint density at radius 3 is 2.43 bits per heavy atom. The smallest absolute Gasteiger partial charge is 0.320 e. The van der Waals surface area contributed by atoms with Crippen LogP contribution in [-0.4, -0.2) is 32.2 Å². The Labute approximate surface area is 115 Å². The third kappa shape index (κ3) is 4.01. The zero-order valence-corrected chi connectivity index (χ0v) is 10.9. The van der Waals surface area contributed by atoms with Crippen LogP contribution in [0.5, 0.6) is 0 Å². The standard InChI is InChI=1S/C9H9F4N3O4S/c10-8(11)9(12,13)4-15-21(19,20)7-2-1-5(14)3-6(7)16(17)18/h1-3,8,15H,4,14H2. The summed E-state index contributed by atoms with van der Waals surface area (Å²) >= 11 is 0. The molecule has 0 aliphatic carbocycles. The number of nitrogen functional groups attached to an aromatic ring is 1. The minimum atomic E-state index is -4.78. The largest absolute Gasteiger partial charge is 0.399 e. The van der Waals surface area contributed by atoms with E-state index in [1.165, 1.54) is 4.72 Å². The Morgan fingerprint density at radius 1 is 1.38 bits per heavy atom. The lowest BCUT2D eigenvalue weighted by molar-refractivity contribution is -0.387. The zero-order valence-electron chi connectivity index (χ0n) is 10.1. The Bertz CT molecular complexity index is 650. The van der Waals surface area contributed by atoms with Crippen LogP contribution >= 0.6 is 0 Å². The van der Waals surface area contributed by atoms with Crippen LogP contribution in [0.25, 0.3) is 0 Å². The molecule has 0 spiro atoms. The Hall–Kier alpha value is -1.95. The van der Waals surface area contributed by atoms with Crippen LogP contribution in [0, 0.1) is 10.1 Å². The number of nitrogens with two attached hydrogens (primary N) is 1. The number of nitrogens with one attached hydrogen (secondary N) is 1. The van der Waals surface area contributed by atoms with E-state index >= 15 is 0 Å². The van der Waals surface area contributed by atoms with Gasteiger partial charge in [0.2, 0.25) is 10.0 Å². The lowest BCUT2D eigenvalue weighted by atomic mass is 10.3. The number of sulfonamides is 1. The zero-order chi connectivity index (χ0) is 16.4. The maximum absolute atomic E-state index is 12.7. The van der Waals surface area contributed by atoms with Gasteiger partial charge in [0.1, 0.15) is 0 Å². The second-order valence-electron chi connectivity index (χ2n) is 3.87. The summed E-state index contributed by atoms with van der Waals surface area (Å²) in [5.74, 6) is -4.60. The van der Waals surface area contributed by atoms with Gasteiger partial charge < -0.3 is 5.73 Å². The third-order valence-electron chi connectivity index (χ3n) is 2.29. The van der Waals surface area contributed by atoms with Gasteiger partial charge in [-0.25, -0.2) is 21.9 Å². The molecule has 7 nitrogen and oxygen atoms in total. The van der Waals surface area contributed by atoms with Crippen LogP contribution in [0.2, 0.25) is 0 Å². The van der Waals surface area contributed by atoms with Gasteiger partial charge in [0.25, 0.3) is 5.69 Å². The SMILES string of the molecule is Nc1ccc(S(=O)(=O)NCC(F)(F)C(F)F)c([N+](=O)[O-])c1. The number of nitro benzene ring substituents is 1. The van der Waals surface area contributed by atoms with Gasteiger partial charge in [0, 0.05) is 11.8 Å². The quantitative estimate of drug-likeness (QED) is 0.353. The Kier molecular flexibility index (Phi) is 4.73. The normalized spacial score (nSPS) is 12.6. The number of halogens is 4. The first-order valence-corrected chi connectivity index (χ1v) is 6.65. The molecule has 12 heteroatoms. The predicted octanol–water partition coefficient (Wildman–Crippen LogP) is 1.36. The van der Waals surface area contributed by atoms with Gasteiger partial charge in [-0.3, -0.25) is 10.1 Å². The first kappa shape index (κ1) is 17.1. The van der Waals surface area contributed by atoms with Crippen molar-refractivity contribution in [2.75, 3.05) is 12.3 Å². The highest BCUT2D eigenvalue weighted by molar-refractivity contribution is 7.89. The van der Waals surface area contributed by atoms with Gasteiger partial charge in [-0.1, -0.05) is 0 Å². The number of hydrogen-bond donors (Lipinski definition) is 2. The maximum Gasteiger partial charge on any atom is 0.320 e. The summed E-state index contributed by atoms with van der Waals surface area (Å²) in [6.07, 6.45) is -4.08. The van der Waals surface area contributed by atoms with Crippen molar-refractivity contribution in [2.45, 2.75) is 17.2 Å². The van der Waals surface area contributed by atoms with Crippen LogP contribution in [0.4, 0.5) is 28.9 Å². The van der Waals surface area contributed by atoms with E-state index in [-0.39, 0.29) is 5.69 Å². The summed E-state index contributed by atoms with van der Waals surface area (Å²) in [6.45, 7) is -1.89. The van der Waals surface area contributed by atoms with Gasteiger partial charge in [-0.15, -0.1) is 0 Å². The minimum Gasteiger partial charge on any atom is -0.399 e. The van der Waals surface area contributed by atoms with Crippen molar-refractivity contribution < 1.29 is 30.9 Å². The minimum absolute atomic E-state index is 0.126. The molecule has 0 saturated carbocycles. The molecular weight excluding hydrogens is 322 g/mol. The molecule has 0 bridgehead atoms. The lowest BCUT2D eigenvalue weighted by Crippen LogP contribution is -2.41. The van der Waals surface area contributed by atoms with Gasteiger partial charge >= 0.3 is 12.3 Å². The molecule has 0 unspecified atom stereocenters. The van der Waals surface area contributed by atoms with Crippen molar-refractivity contribution in [3.63, 3.8) is 0 Å². The van der Waals surface area contributed by atoms with Crippen molar-refractivity contribution in [3.05, 3.63) is 28.3 Å². The molecule has 0 atom stereocenters. The molecule has 118 valence electrons. The molecule has 0 aliphatic rings. The first-order chi connectivity index (χ1) is 9.47. The molecule has 0 amide bonds. The fourth-order valence-corrected chi connectivity index (χ4v) is 2.44. The number of rotatable bonds is 6. The summed E-state index contributed by atoms with van der Waals surface area (Å²) in [5.41, 5.74) is 4.17. The van der Waals surface area contributed by atoms with Crippen molar-refractivity contribution in [1.82, 2.24) is 4.72 Å². The van der Waals surface area contributed by atoms with E-state index < -0.39 is 44.4 Å². The van der Waals surface area contributed by atoms with Crippen LogP contribution in [0.3, 0.4) is 0 Å². The van der Waals surface area contributed by atoms with Crippen LogP contribution < -0.4 is 10.5 Å². The number of hydrogen-bond acceptors (Lipinski definition) is 5. The topological polar surface area (TPSA) is 115 Å². The molecule has 0 aromatic heterocycles. The molecule has 0 heterocycles. The highest BCUT2D eigenvalue weighted by atomic mass is 32.2. The van der Waals surface area contributed by atoms with Crippen LogP contribution in [0.15, 0.2) is 23.1 Å². The molecule has 21 heavy (non-hydrogen) atoms. The molecule has 0 radical (unpaired) electrons. The van der Waals surface area contributed by atoms with E-state index in [4.69, 9.17) is 5.73 Å². The lowest BCUT2D eigenvalue weighted by Gasteiger charge is -2.15. The van der Waals surface area contributed by atoms with Crippen molar-refractivity contribution in [3.8, 4) is 0 Å². The fourth-order valence-electron chi connectivity index (χ4n) is 1.25. The average molecular weight is 331 g/mol. The fraction of sp³-hybridized carbons (Fsp3) is 0.333. The van der Waals surface area contributed by atoms with Crippen LogP contribution in [0.1, 0.15) is 0 Å². The van der Waals surface area contributed by atoms with Crippen molar-refractivity contribution >= 4 is 21.4 Å². The Morgan fingerprint density at radius 2 is 1.95 bits per heavy atom. The number of anilines is 1. The number of alkyl halides is 4. The van der Waals surface area contributed by atoms with E-state index in [0.717, 1.165) is 12.1 Å². The highest BCUT2D eigenvalue weighted by Crippen LogP contribution is 2.27. The van der Waals surface area contributed by atoms with E-state index in [1.54, 1.807) is 0 Å². The highest BCUT2D eigenvalue weighted by Gasteiger charge is 2.42. The average Bonchev–Trinajstić information content (AvgIpc) is 2.36. The van der Waals surface area contributed by atoms with E-state index in [1.807, 2.05) is 0 Å². The Balaban J connectivity index is 3.12. The number of nitrogens with zero attached hydrogens (tertiary/aromatic N) is 1. The maximum atomic E-state index is 12.7. The van der Waals surface area contributed by atoms with Crippen molar-refractivity contribution in [2.24, 2.45) is 0 Å². The molecule has 1 rings (SSSR count). The molecule has 3 N–H and O–H groups in total. The van der Waals surface area contributed by atoms with E-state index in [0.29, 0.717) is 6.07 Å². The first-order valence-electron chi connectivity index (χ1n) is 5.17. The summed E-state index contributed by atoms with van der Waals surface area (Å²) in [4.78, 5) is 8.68. The molecular formula is C9H9F4N3O4S. The number of benzene rings is 1.